The van der Waals surface area contributed by atoms with Gasteiger partial charge >= 0.3 is 5.97 Å². The van der Waals surface area contributed by atoms with E-state index in [0.717, 1.165) is 19.3 Å². The van der Waals surface area contributed by atoms with Crippen molar-refractivity contribution in [3.8, 4) is 0 Å². The van der Waals surface area contributed by atoms with Gasteiger partial charge in [-0.25, -0.2) is 0 Å². The molecule has 0 aliphatic heterocycles. The zero-order valence-electron chi connectivity index (χ0n) is 15.9. The number of carboxylic acid groups (broad SMARTS) is 1. The fraction of sp³-hybridized carbons (Fsp3) is 0.850. The van der Waals surface area contributed by atoms with Crippen LogP contribution in [0.4, 0.5) is 0 Å². The molecular formula is C20H34O6. The highest BCUT2D eigenvalue weighted by atomic mass is 16.4. The molecule has 0 aromatic heterocycles. The SMILES string of the molecule is CCCCCC(=O)CC[C@H]1[C@H](CC(=O)CCCCC(=O)O)[C@H](O)C[C@H]1O. The van der Waals surface area contributed by atoms with Crippen LogP contribution in [0.5, 0.6) is 0 Å². The first-order valence-corrected chi connectivity index (χ1v) is 9.96. The Morgan fingerprint density at radius 3 is 2.04 bits per heavy atom. The topological polar surface area (TPSA) is 112 Å². The minimum absolute atomic E-state index is 0.00666. The van der Waals surface area contributed by atoms with E-state index in [4.69, 9.17) is 5.11 Å². The summed E-state index contributed by atoms with van der Waals surface area (Å²) in [6, 6.07) is 0. The molecule has 0 bridgehead atoms. The summed E-state index contributed by atoms with van der Waals surface area (Å²) in [5.74, 6) is -1.21. The molecule has 0 aromatic carbocycles. The third-order valence-corrected chi connectivity index (χ3v) is 5.40. The second-order valence-corrected chi connectivity index (χ2v) is 7.58. The van der Waals surface area contributed by atoms with Crippen LogP contribution in [0.15, 0.2) is 0 Å². The molecular weight excluding hydrogens is 336 g/mol. The van der Waals surface area contributed by atoms with Crippen molar-refractivity contribution < 1.29 is 29.7 Å². The lowest BCUT2D eigenvalue weighted by atomic mass is 9.84. The van der Waals surface area contributed by atoms with Gasteiger partial charge in [-0.3, -0.25) is 14.4 Å². The maximum absolute atomic E-state index is 12.1. The molecule has 26 heavy (non-hydrogen) atoms. The van der Waals surface area contributed by atoms with Crippen molar-refractivity contribution in [2.45, 2.75) is 96.2 Å². The number of rotatable bonds is 14. The molecule has 150 valence electrons. The summed E-state index contributed by atoms with van der Waals surface area (Å²) >= 11 is 0. The third-order valence-electron chi connectivity index (χ3n) is 5.40. The normalized spacial score (nSPS) is 25.3. The van der Waals surface area contributed by atoms with Crippen LogP contribution < -0.4 is 0 Å². The van der Waals surface area contributed by atoms with Gasteiger partial charge in [0.15, 0.2) is 0 Å². The zero-order chi connectivity index (χ0) is 19.5. The van der Waals surface area contributed by atoms with Crippen LogP contribution in [0.3, 0.4) is 0 Å². The molecule has 1 fully saturated rings. The average molecular weight is 370 g/mol. The van der Waals surface area contributed by atoms with Crippen molar-refractivity contribution in [1.29, 1.82) is 0 Å². The second-order valence-electron chi connectivity index (χ2n) is 7.58. The Kier molecular flexibility index (Phi) is 10.7. The molecule has 1 saturated carbocycles. The third kappa shape index (κ3) is 8.41. The highest BCUT2D eigenvalue weighted by molar-refractivity contribution is 5.79. The van der Waals surface area contributed by atoms with E-state index in [0.29, 0.717) is 38.5 Å². The summed E-state index contributed by atoms with van der Waals surface area (Å²) in [6.07, 6.45) is 4.88. The van der Waals surface area contributed by atoms with E-state index in [1.807, 2.05) is 0 Å². The van der Waals surface area contributed by atoms with Crippen molar-refractivity contribution in [2.24, 2.45) is 11.8 Å². The molecule has 0 heterocycles. The first-order valence-electron chi connectivity index (χ1n) is 9.96. The van der Waals surface area contributed by atoms with Gasteiger partial charge in [0.05, 0.1) is 12.2 Å². The summed E-state index contributed by atoms with van der Waals surface area (Å²) in [4.78, 5) is 34.6. The Morgan fingerprint density at radius 2 is 1.38 bits per heavy atom. The van der Waals surface area contributed by atoms with Crippen LogP contribution in [0.2, 0.25) is 0 Å². The van der Waals surface area contributed by atoms with E-state index in [1.54, 1.807) is 0 Å². The zero-order valence-corrected chi connectivity index (χ0v) is 15.9. The van der Waals surface area contributed by atoms with E-state index in [9.17, 15) is 24.6 Å². The van der Waals surface area contributed by atoms with Gasteiger partial charge in [0.1, 0.15) is 11.6 Å². The first kappa shape index (κ1) is 22.8. The van der Waals surface area contributed by atoms with Gasteiger partial charge in [-0.15, -0.1) is 0 Å². The standard InChI is InChI=1S/C20H34O6/c1-2-3-4-7-14(21)10-11-16-17(19(24)13-18(16)23)12-15(22)8-5-6-9-20(25)26/h16-19,23-24H,2-13H2,1H3,(H,25,26)/t16-,17-,18+,19+/m0/s1. The number of ketones is 2. The molecule has 3 N–H and O–H groups in total. The molecule has 0 radical (unpaired) electrons. The van der Waals surface area contributed by atoms with Crippen molar-refractivity contribution in [1.82, 2.24) is 0 Å². The van der Waals surface area contributed by atoms with Crippen LogP contribution in [0.25, 0.3) is 0 Å². The summed E-state index contributed by atoms with van der Waals surface area (Å²) in [7, 11) is 0. The van der Waals surface area contributed by atoms with Gasteiger partial charge < -0.3 is 15.3 Å². The number of unbranched alkanes of at least 4 members (excludes halogenated alkanes) is 3. The number of Topliss-reactive ketones (excluding diaryl/α,β-unsaturated/α-hetero) is 2. The molecule has 1 aliphatic rings. The summed E-state index contributed by atoms with van der Waals surface area (Å²) in [5.41, 5.74) is 0. The Morgan fingerprint density at radius 1 is 0.808 bits per heavy atom. The van der Waals surface area contributed by atoms with Crippen LogP contribution in [-0.2, 0) is 14.4 Å². The van der Waals surface area contributed by atoms with Crippen LogP contribution >= 0.6 is 0 Å². The Labute approximate surface area is 156 Å². The highest BCUT2D eigenvalue weighted by Gasteiger charge is 2.42. The maximum atomic E-state index is 12.1. The second kappa shape index (κ2) is 12.2. The summed E-state index contributed by atoms with van der Waals surface area (Å²) in [6.45, 7) is 2.09. The molecule has 4 atom stereocenters. The smallest absolute Gasteiger partial charge is 0.303 e. The number of carbonyl (C=O) groups is 3. The molecule has 1 rings (SSSR count). The first-order chi connectivity index (χ1) is 12.3. The largest absolute Gasteiger partial charge is 0.481 e. The number of aliphatic hydroxyl groups excluding tert-OH is 2. The van der Waals surface area contributed by atoms with Gasteiger partial charge in [0.2, 0.25) is 0 Å². The monoisotopic (exact) mass is 370 g/mol. The molecule has 6 nitrogen and oxygen atoms in total. The van der Waals surface area contributed by atoms with Crippen LogP contribution in [0, 0.1) is 11.8 Å². The van der Waals surface area contributed by atoms with Gasteiger partial charge in [-0.2, -0.15) is 0 Å². The maximum Gasteiger partial charge on any atom is 0.303 e. The summed E-state index contributed by atoms with van der Waals surface area (Å²) in [5, 5.41) is 29.0. The fourth-order valence-corrected chi connectivity index (χ4v) is 3.85. The van der Waals surface area contributed by atoms with Crippen molar-refractivity contribution in [2.75, 3.05) is 0 Å². The van der Waals surface area contributed by atoms with E-state index >= 15 is 0 Å². The predicted molar refractivity (Wildman–Crippen MR) is 97.7 cm³/mol. The van der Waals surface area contributed by atoms with E-state index in [2.05, 4.69) is 6.92 Å². The lowest BCUT2D eigenvalue weighted by molar-refractivity contribution is -0.137. The van der Waals surface area contributed by atoms with Crippen LogP contribution in [0.1, 0.15) is 84.0 Å². The minimum Gasteiger partial charge on any atom is -0.481 e. The minimum atomic E-state index is -0.865. The van der Waals surface area contributed by atoms with Gasteiger partial charge in [-0.1, -0.05) is 19.8 Å². The van der Waals surface area contributed by atoms with E-state index in [-0.39, 0.29) is 42.7 Å². The molecule has 0 saturated heterocycles. The van der Waals surface area contributed by atoms with Crippen molar-refractivity contribution >= 4 is 17.5 Å². The lowest BCUT2D eigenvalue weighted by Crippen LogP contribution is -2.25. The fourth-order valence-electron chi connectivity index (χ4n) is 3.85. The van der Waals surface area contributed by atoms with E-state index < -0.39 is 18.2 Å². The Hall–Kier alpha value is -1.27. The van der Waals surface area contributed by atoms with Gasteiger partial charge in [-0.05, 0) is 43.9 Å². The van der Waals surface area contributed by atoms with Crippen LogP contribution in [-0.4, -0.2) is 45.1 Å². The molecule has 0 aromatic rings. The van der Waals surface area contributed by atoms with Gasteiger partial charge in [0.25, 0.3) is 0 Å². The number of aliphatic hydroxyl groups is 2. The number of aliphatic carboxylic acids is 1. The molecule has 0 spiro atoms. The molecule has 1 aliphatic carbocycles. The van der Waals surface area contributed by atoms with E-state index in [1.165, 1.54) is 0 Å². The molecule has 6 heteroatoms. The average Bonchev–Trinajstić information content (AvgIpc) is 2.83. The molecule has 0 unspecified atom stereocenters. The lowest BCUT2D eigenvalue weighted by Gasteiger charge is -2.22. The van der Waals surface area contributed by atoms with Gasteiger partial charge in [0, 0.05) is 32.1 Å². The highest BCUT2D eigenvalue weighted by Crippen LogP contribution is 2.38. The number of hydrogen-bond acceptors (Lipinski definition) is 5. The Bertz CT molecular complexity index is 461. The Balaban J connectivity index is 2.42. The number of carboxylic acids is 1. The quantitative estimate of drug-likeness (QED) is 0.405. The molecule has 0 amide bonds. The van der Waals surface area contributed by atoms with Crippen molar-refractivity contribution in [3.05, 3.63) is 0 Å². The number of hydrogen-bond donors (Lipinski definition) is 3. The summed E-state index contributed by atoms with van der Waals surface area (Å²) < 4.78 is 0. The predicted octanol–water partition coefficient (Wildman–Crippen LogP) is 2.88. The number of carbonyl (C=O) groups excluding carboxylic acids is 2. The van der Waals surface area contributed by atoms with Crippen molar-refractivity contribution in [3.63, 3.8) is 0 Å².